The maximum atomic E-state index is 13.0. The molecule has 30 heavy (non-hydrogen) atoms. The van der Waals surface area contributed by atoms with Crippen molar-refractivity contribution in [1.82, 2.24) is 14.8 Å². The van der Waals surface area contributed by atoms with Crippen LogP contribution in [0.15, 0.2) is 54.2 Å². The molecule has 7 heteroatoms. The third-order valence-corrected chi connectivity index (χ3v) is 5.73. The smallest absolute Gasteiger partial charge is 0.192 e. The van der Waals surface area contributed by atoms with E-state index in [0.29, 0.717) is 23.3 Å². The Bertz CT molecular complexity index is 1060. The van der Waals surface area contributed by atoms with Crippen LogP contribution in [-0.4, -0.2) is 26.3 Å². The predicted molar refractivity (Wildman–Crippen MR) is 117 cm³/mol. The quantitative estimate of drug-likeness (QED) is 0.272. The topological polar surface area (TPSA) is 57.0 Å². The summed E-state index contributed by atoms with van der Waals surface area (Å²) in [6.45, 7) is 10.5. The summed E-state index contributed by atoms with van der Waals surface area (Å²) in [7, 11) is 0. The van der Waals surface area contributed by atoms with Crippen LogP contribution in [0.4, 0.5) is 4.39 Å². The highest BCUT2D eigenvalue weighted by atomic mass is 32.2. The van der Waals surface area contributed by atoms with E-state index in [0.717, 1.165) is 16.7 Å². The third kappa shape index (κ3) is 5.16. The number of aryl methyl sites for hydroxylation is 3. The Balaban J connectivity index is 1.70. The molecular formula is C23H24FN3O2S. The van der Waals surface area contributed by atoms with E-state index in [1.54, 1.807) is 18.2 Å². The van der Waals surface area contributed by atoms with Crippen LogP contribution >= 0.6 is 11.8 Å². The minimum atomic E-state index is -0.320. The Morgan fingerprint density at radius 2 is 1.83 bits per heavy atom. The lowest BCUT2D eigenvalue weighted by Crippen LogP contribution is -2.09. The summed E-state index contributed by atoms with van der Waals surface area (Å²) in [5, 5.41) is 9.04. The standard InChI is InChI=1S/C23H24FN3O2S/c1-5-10-27-22(13-29-19-8-6-18(24)7-9-19)25-26-23(27)30-14-21(28)20-12-16(3)15(2)11-17(20)4/h5-9,11-12H,1,10,13-14H2,2-4H3. The molecule has 0 saturated heterocycles. The van der Waals surface area contributed by atoms with E-state index in [9.17, 15) is 9.18 Å². The summed E-state index contributed by atoms with van der Waals surface area (Å²) >= 11 is 1.34. The van der Waals surface area contributed by atoms with Crippen molar-refractivity contribution >= 4 is 17.5 Å². The van der Waals surface area contributed by atoms with Crippen molar-refractivity contribution in [3.05, 3.63) is 82.9 Å². The third-order valence-electron chi connectivity index (χ3n) is 4.76. The van der Waals surface area contributed by atoms with Gasteiger partial charge < -0.3 is 4.74 Å². The van der Waals surface area contributed by atoms with Gasteiger partial charge in [-0.1, -0.05) is 23.9 Å². The zero-order valence-electron chi connectivity index (χ0n) is 17.3. The Hall–Kier alpha value is -2.93. The summed E-state index contributed by atoms with van der Waals surface area (Å²) in [6.07, 6.45) is 1.74. The SMILES string of the molecule is C=CCn1c(COc2ccc(F)cc2)nnc1SCC(=O)c1cc(C)c(C)cc1C. The van der Waals surface area contributed by atoms with Crippen molar-refractivity contribution < 1.29 is 13.9 Å². The van der Waals surface area contributed by atoms with E-state index in [2.05, 4.69) is 16.8 Å². The van der Waals surface area contributed by atoms with Crippen molar-refractivity contribution in [2.75, 3.05) is 5.75 Å². The lowest BCUT2D eigenvalue weighted by molar-refractivity contribution is 0.102. The zero-order valence-corrected chi connectivity index (χ0v) is 18.1. The highest BCUT2D eigenvalue weighted by Gasteiger charge is 2.16. The van der Waals surface area contributed by atoms with E-state index in [1.807, 2.05) is 37.5 Å². The van der Waals surface area contributed by atoms with Gasteiger partial charge in [0, 0.05) is 12.1 Å². The molecule has 2 aromatic carbocycles. The van der Waals surface area contributed by atoms with Gasteiger partial charge in [0.2, 0.25) is 0 Å². The van der Waals surface area contributed by atoms with Crippen LogP contribution in [0.2, 0.25) is 0 Å². The number of benzene rings is 2. The van der Waals surface area contributed by atoms with Gasteiger partial charge >= 0.3 is 0 Å². The molecule has 3 rings (SSSR count). The van der Waals surface area contributed by atoms with Gasteiger partial charge in [-0.05, 0) is 67.8 Å². The minimum Gasteiger partial charge on any atom is -0.486 e. The average Bonchev–Trinajstić information content (AvgIpc) is 3.10. The van der Waals surface area contributed by atoms with E-state index < -0.39 is 0 Å². The van der Waals surface area contributed by atoms with Gasteiger partial charge in [-0.25, -0.2) is 4.39 Å². The molecular weight excluding hydrogens is 401 g/mol. The fourth-order valence-corrected chi connectivity index (χ4v) is 3.84. The molecule has 0 bridgehead atoms. The lowest BCUT2D eigenvalue weighted by Gasteiger charge is -2.10. The molecule has 1 aromatic heterocycles. The van der Waals surface area contributed by atoms with Gasteiger partial charge in [0.05, 0.1) is 5.75 Å². The minimum absolute atomic E-state index is 0.0536. The molecule has 0 aliphatic heterocycles. The number of thioether (sulfide) groups is 1. The fraction of sp³-hybridized carbons (Fsp3) is 0.261. The Morgan fingerprint density at radius 3 is 2.53 bits per heavy atom. The Morgan fingerprint density at radius 1 is 1.13 bits per heavy atom. The highest BCUT2D eigenvalue weighted by Crippen LogP contribution is 2.22. The van der Waals surface area contributed by atoms with E-state index >= 15 is 0 Å². The molecule has 0 aliphatic rings. The second kappa shape index (κ2) is 9.71. The first-order chi connectivity index (χ1) is 14.4. The monoisotopic (exact) mass is 425 g/mol. The second-order valence-corrected chi connectivity index (χ2v) is 7.95. The highest BCUT2D eigenvalue weighted by molar-refractivity contribution is 7.99. The maximum Gasteiger partial charge on any atom is 0.192 e. The van der Waals surface area contributed by atoms with Crippen molar-refractivity contribution in [2.24, 2.45) is 0 Å². The van der Waals surface area contributed by atoms with E-state index in [1.165, 1.54) is 29.5 Å². The molecule has 0 aliphatic carbocycles. The number of hydrogen-bond acceptors (Lipinski definition) is 5. The number of carbonyl (C=O) groups excluding carboxylic acids is 1. The summed E-state index contributed by atoms with van der Waals surface area (Å²) < 4.78 is 20.6. The summed E-state index contributed by atoms with van der Waals surface area (Å²) in [5.41, 5.74) is 3.99. The predicted octanol–water partition coefficient (Wildman–Crippen LogP) is 5.08. The van der Waals surface area contributed by atoms with Gasteiger partial charge in [0.15, 0.2) is 16.8 Å². The number of allylic oxidation sites excluding steroid dienone is 1. The van der Waals surface area contributed by atoms with Crippen LogP contribution in [0.5, 0.6) is 5.75 Å². The first-order valence-electron chi connectivity index (χ1n) is 9.54. The number of carbonyl (C=O) groups is 1. The van der Waals surface area contributed by atoms with Crippen LogP contribution in [0.3, 0.4) is 0 Å². The van der Waals surface area contributed by atoms with Gasteiger partial charge in [0.25, 0.3) is 0 Å². The van der Waals surface area contributed by atoms with Crippen molar-refractivity contribution in [1.29, 1.82) is 0 Å². The molecule has 0 spiro atoms. The number of Topliss-reactive ketones (excluding diaryl/α,β-unsaturated/α-hetero) is 1. The largest absolute Gasteiger partial charge is 0.486 e. The number of nitrogens with zero attached hydrogens (tertiary/aromatic N) is 3. The molecule has 3 aromatic rings. The van der Waals surface area contributed by atoms with Gasteiger partial charge in [-0.2, -0.15) is 0 Å². The number of ether oxygens (including phenoxy) is 1. The number of hydrogen-bond donors (Lipinski definition) is 0. The molecule has 156 valence electrons. The summed E-state index contributed by atoms with van der Waals surface area (Å²) in [5.74, 6) is 1.14. The number of aromatic nitrogens is 3. The Kier molecular flexibility index (Phi) is 7.05. The van der Waals surface area contributed by atoms with E-state index in [4.69, 9.17) is 4.74 Å². The van der Waals surface area contributed by atoms with Crippen LogP contribution in [-0.2, 0) is 13.2 Å². The number of rotatable bonds is 9. The first-order valence-corrected chi connectivity index (χ1v) is 10.5. The molecule has 0 atom stereocenters. The van der Waals surface area contributed by atoms with Crippen molar-refractivity contribution in [3.8, 4) is 5.75 Å². The molecule has 0 fully saturated rings. The molecule has 0 saturated carbocycles. The van der Waals surface area contributed by atoms with Crippen molar-refractivity contribution in [2.45, 2.75) is 39.1 Å². The van der Waals surface area contributed by atoms with Crippen LogP contribution in [0.1, 0.15) is 32.9 Å². The van der Waals surface area contributed by atoms with Crippen molar-refractivity contribution in [3.63, 3.8) is 0 Å². The zero-order chi connectivity index (χ0) is 21.7. The molecule has 0 radical (unpaired) electrons. The van der Waals surface area contributed by atoms with Gasteiger partial charge in [-0.3, -0.25) is 9.36 Å². The molecule has 0 N–H and O–H groups in total. The lowest BCUT2D eigenvalue weighted by atomic mass is 9.99. The van der Waals surface area contributed by atoms with Gasteiger partial charge in [-0.15, -0.1) is 16.8 Å². The molecule has 0 unspecified atom stereocenters. The molecule has 1 heterocycles. The van der Waals surface area contributed by atoms with Crippen LogP contribution < -0.4 is 4.74 Å². The average molecular weight is 426 g/mol. The Labute approximate surface area is 180 Å². The van der Waals surface area contributed by atoms with E-state index in [-0.39, 0.29) is 24.0 Å². The second-order valence-electron chi connectivity index (χ2n) is 7.00. The number of ketones is 1. The van der Waals surface area contributed by atoms with Crippen LogP contribution in [0, 0.1) is 26.6 Å². The normalized spacial score (nSPS) is 10.8. The summed E-state index contributed by atoms with van der Waals surface area (Å²) in [4.78, 5) is 12.8. The molecule has 5 nitrogen and oxygen atoms in total. The molecule has 0 amide bonds. The number of halogens is 1. The van der Waals surface area contributed by atoms with Gasteiger partial charge in [0.1, 0.15) is 18.2 Å². The first kappa shape index (κ1) is 21.8. The van der Waals surface area contributed by atoms with Crippen LogP contribution in [0.25, 0.3) is 0 Å². The maximum absolute atomic E-state index is 13.0. The fourth-order valence-electron chi connectivity index (χ4n) is 2.99. The summed E-state index contributed by atoms with van der Waals surface area (Å²) in [6, 6.07) is 9.78.